The predicted octanol–water partition coefficient (Wildman–Crippen LogP) is 3.94. The van der Waals surface area contributed by atoms with Crippen LogP contribution in [-0.2, 0) is 0 Å². The Balaban J connectivity index is 1.49. The van der Waals surface area contributed by atoms with Gasteiger partial charge >= 0.3 is 5.63 Å². The highest BCUT2D eigenvalue weighted by atomic mass is 79.9. The first-order valence-electron chi connectivity index (χ1n) is 8.67. The van der Waals surface area contributed by atoms with E-state index >= 15 is 0 Å². The molecule has 6 heteroatoms. The quantitative estimate of drug-likeness (QED) is 0.755. The van der Waals surface area contributed by atoms with Crippen molar-refractivity contribution in [3.63, 3.8) is 0 Å². The number of halogens is 1. The summed E-state index contributed by atoms with van der Waals surface area (Å²) < 4.78 is 6.10. The Hall–Kier alpha value is -2.73. The van der Waals surface area contributed by atoms with Crippen LogP contribution in [0.4, 0.5) is 0 Å². The van der Waals surface area contributed by atoms with Crippen LogP contribution in [0.15, 0.2) is 78.4 Å². The van der Waals surface area contributed by atoms with Gasteiger partial charge in [0.05, 0.1) is 6.04 Å². The first-order chi connectivity index (χ1) is 13.0. The summed E-state index contributed by atoms with van der Waals surface area (Å²) in [6, 6.07) is 6.94. The zero-order valence-electron chi connectivity index (χ0n) is 14.7. The topological polar surface area (TPSA) is 71.7 Å². The molecule has 1 aliphatic heterocycles. The average molecular weight is 425 g/mol. The number of fused-ring (bicyclic) bond motifs is 2. The summed E-state index contributed by atoms with van der Waals surface area (Å²) in [5.74, 6) is -0.431. The Kier molecular flexibility index (Phi) is 4.66. The van der Waals surface area contributed by atoms with Crippen LogP contribution in [0.1, 0.15) is 23.7 Å². The molecule has 1 atom stereocenters. The number of allylic oxidation sites excluding steroid dienone is 2. The van der Waals surface area contributed by atoms with Gasteiger partial charge in [-0.3, -0.25) is 9.79 Å². The largest absolute Gasteiger partial charge is 0.422 e. The summed E-state index contributed by atoms with van der Waals surface area (Å²) in [7, 11) is 0. The number of carbonyl (C=O) groups excluding carboxylic acids is 1. The number of amides is 1. The lowest BCUT2D eigenvalue weighted by molar-refractivity contribution is 0.0950. The minimum atomic E-state index is -0.636. The number of nitrogens with zero attached hydrogens (tertiary/aromatic N) is 1. The van der Waals surface area contributed by atoms with Gasteiger partial charge in [-0.05, 0) is 48.8 Å². The third-order valence-corrected chi connectivity index (χ3v) is 5.21. The molecule has 1 aromatic heterocycles. The molecule has 4 rings (SSSR count). The van der Waals surface area contributed by atoms with Gasteiger partial charge in [-0.25, -0.2) is 4.79 Å². The highest BCUT2D eigenvalue weighted by Crippen LogP contribution is 2.28. The average Bonchev–Trinajstić information content (AvgIpc) is 2.97. The molecule has 136 valence electrons. The SMILES string of the molecule is CC1=NC2C=CC=CC2=C1CCNC(=O)c1cc2cc(Br)ccc2oc1=O. The molecule has 0 bridgehead atoms. The Morgan fingerprint density at radius 3 is 3.00 bits per heavy atom. The normalized spacial score (nSPS) is 18.0. The number of hydrogen-bond donors (Lipinski definition) is 1. The van der Waals surface area contributed by atoms with Crippen LogP contribution in [0.5, 0.6) is 0 Å². The molecule has 0 fully saturated rings. The number of hydrogen-bond acceptors (Lipinski definition) is 4. The molecular formula is C21H17BrN2O3. The van der Waals surface area contributed by atoms with Crippen molar-refractivity contribution in [3.05, 3.63) is 80.2 Å². The second kappa shape index (κ2) is 7.12. The molecule has 1 aliphatic carbocycles. The number of benzene rings is 1. The molecule has 5 nitrogen and oxygen atoms in total. The second-order valence-corrected chi connectivity index (χ2v) is 7.39. The van der Waals surface area contributed by atoms with Gasteiger partial charge in [0, 0.05) is 22.1 Å². The first kappa shape index (κ1) is 17.7. The summed E-state index contributed by atoms with van der Waals surface area (Å²) in [6.45, 7) is 2.41. The fraction of sp³-hybridized carbons (Fsp3) is 0.190. The third kappa shape index (κ3) is 3.45. The molecule has 1 aromatic carbocycles. The lowest BCUT2D eigenvalue weighted by Gasteiger charge is -2.10. The van der Waals surface area contributed by atoms with Crippen molar-refractivity contribution in [3.8, 4) is 0 Å². The maximum absolute atomic E-state index is 12.5. The molecule has 1 N–H and O–H groups in total. The van der Waals surface area contributed by atoms with Crippen LogP contribution in [-0.4, -0.2) is 24.2 Å². The van der Waals surface area contributed by atoms with E-state index < -0.39 is 11.5 Å². The molecule has 2 aliphatic rings. The molecule has 2 aromatic rings. The van der Waals surface area contributed by atoms with Crippen LogP contribution < -0.4 is 10.9 Å². The van der Waals surface area contributed by atoms with E-state index in [-0.39, 0.29) is 11.6 Å². The van der Waals surface area contributed by atoms with Crippen molar-refractivity contribution in [2.24, 2.45) is 4.99 Å². The van der Waals surface area contributed by atoms with Gasteiger partial charge in [-0.2, -0.15) is 0 Å². The number of nitrogens with one attached hydrogen (secondary N) is 1. The van der Waals surface area contributed by atoms with E-state index in [4.69, 9.17) is 4.42 Å². The van der Waals surface area contributed by atoms with Crippen molar-refractivity contribution in [1.82, 2.24) is 5.32 Å². The monoisotopic (exact) mass is 424 g/mol. The molecule has 0 saturated heterocycles. The Morgan fingerprint density at radius 2 is 2.15 bits per heavy atom. The number of aliphatic imine (C=N–C) groups is 1. The minimum Gasteiger partial charge on any atom is -0.422 e. The third-order valence-electron chi connectivity index (χ3n) is 4.72. The molecule has 0 spiro atoms. The fourth-order valence-corrected chi connectivity index (χ4v) is 3.77. The molecule has 1 amide bonds. The van der Waals surface area contributed by atoms with Gasteiger partial charge in [-0.1, -0.05) is 40.2 Å². The molecule has 1 unspecified atom stereocenters. The summed E-state index contributed by atoms with van der Waals surface area (Å²) in [4.78, 5) is 29.2. The van der Waals surface area contributed by atoms with E-state index in [1.165, 1.54) is 5.57 Å². The van der Waals surface area contributed by atoms with Gasteiger partial charge in [-0.15, -0.1) is 0 Å². The second-order valence-electron chi connectivity index (χ2n) is 6.47. The molecule has 27 heavy (non-hydrogen) atoms. The van der Waals surface area contributed by atoms with Crippen LogP contribution in [0, 0.1) is 0 Å². The predicted molar refractivity (Wildman–Crippen MR) is 109 cm³/mol. The van der Waals surface area contributed by atoms with Crippen molar-refractivity contribution in [1.29, 1.82) is 0 Å². The minimum absolute atomic E-state index is 0.00781. The Morgan fingerprint density at radius 1 is 1.30 bits per heavy atom. The van der Waals surface area contributed by atoms with Crippen LogP contribution in [0.3, 0.4) is 0 Å². The van der Waals surface area contributed by atoms with Crippen molar-refractivity contribution in [2.45, 2.75) is 19.4 Å². The van der Waals surface area contributed by atoms with Crippen LogP contribution >= 0.6 is 15.9 Å². The number of carbonyl (C=O) groups is 1. The summed E-state index contributed by atoms with van der Waals surface area (Å²) in [5.41, 5.74) is 3.15. The highest BCUT2D eigenvalue weighted by molar-refractivity contribution is 9.10. The smallest absolute Gasteiger partial charge is 0.349 e. The van der Waals surface area contributed by atoms with Gasteiger partial charge in [0.1, 0.15) is 11.1 Å². The fourth-order valence-electron chi connectivity index (χ4n) is 3.39. The van der Waals surface area contributed by atoms with E-state index in [1.807, 2.05) is 25.1 Å². The van der Waals surface area contributed by atoms with E-state index in [0.717, 1.165) is 15.8 Å². The van der Waals surface area contributed by atoms with E-state index in [2.05, 4.69) is 38.4 Å². The maximum Gasteiger partial charge on any atom is 0.349 e. The van der Waals surface area contributed by atoms with Gasteiger partial charge in [0.2, 0.25) is 0 Å². The molecular weight excluding hydrogens is 408 g/mol. The molecule has 0 radical (unpaired) electrons. The maximum atomic E-state index is 12.5. The van der Waals surface area contributed by atoms with E-state index in [1.54, 1.807) is 18.2 Å². The lowest BCUT2D eigenvalue weighted by atomic mass is 9.96. The summed E-state index contributed by atoms with van der Waals surface area (Å²) >= 11 is 3.38. The highest BCUT2D eigenvalue weighted by Gasteiger charge is 2.23. The lowest BCUT2D eigenvalue weighted by Crippen LogP contribution is -2.29. The van der Waals surface area contributed by atoms with Gasteiger partial charge in [0.15, 0.2) is 0 Å². The molecule has 2 heterocycles. The van der Waals surface area contributed by atoms with Gasteiger partial charge < -0.3 is 9.73 Å². The summed E-state index contributed by atoms with van der Waals surface area (Å²) in [6.07, 6.45) is 8.78. The van der Waals surface area contributed by atoms with Crippen molar-refractivity contribution in [2.75, 3.05) is 6.54 Å². The van der Waals surface area contributed by atoms with Crippen molar-refractivity contribution >= 4 is 38.5 Å². The van der Waals surface area contributed by atoms with Crippen LogP contribution in [0.25, 0.3) is 11.0 Å². The van der Waals surface area contributed by atoms with Gasteiger partial charge in [0.25, 0.3) is 5.91 Å². The number of rotatable bonds is 4. The zero-order chi connectivity index (χ0) is 19.0. The summed E-state index contributed by atoms with van der Waals surface area (Å²) in [5, 5.41) is 3.51. The Bertz CT molecular complexity index is 1120. The zero-order valence-corrected chi connectivity index (χ0v) is 16.2. The van der Waals surface area contributed by atoms with E-state index in [0.29, 0.717) is 23.9 Å². The Labute approximate surface area is 164 Å². The van der Waals surface area contributed by atoms with Crippen LogP contribution in [0.2, 0.25) is 0 Å². The van der Waals surface area contributed by atoms with E-state index in [9.17, 15) is 9.59 Å². The standard InChI is InChI=1S/C21H17BrN2O3/c1-12-15(16-4-2-3-5-18(16)24-12)8-9-23-20(25)17-11-13-10-14(22)6-7-19(13)27-21(17)26/h2-7,10-11,18H,8-9H2,1H3,(H,23,25). The molecule has 0 saturated carbocycles. The first-order valence-corrected chi connectivity index (χ1v) is 9.46. The van der Waals surface area contributed by atoms with Crippen molar-refractivity contribution < 1.29 is 9.21 Å².